The number of carboxylic acid groups (broad SMARTS) is 1. The second-order valence-electron chi connectivity index (χ2n) is 6.84. The van der Waals surface area contributed by atoms with Crippen molar-refractivity contribution in [1.29, 1.82) is 0 Å². The van der Waals surface area contributed by atoms with Crippen LogP contribution in [0.15, 0.2) is 12.1 Å². The van der Waals surface area contributed by atoms with Gasteiger partial charge in [0.2, 0.25) is 0 Å². The molecule has 0 fully saturated rings. The van der Waals surface area contributed by atoms with Crippen LogP contribution >= 0.6 is 0 Å². The molecule has 1 heterocycles. The molecule has 114 valence electrons. The maximum atomic E-state index is 11.4. The van der Waals surface area contributed by atoms with E-state index in [0.717, 1.165) is 23.9 Å². The fourth-order valence-corrected chi connectivity index (χ4v) is 2.97. The van der Waals surface area contributed by atoms with Crippen molar-refractivity contribution in [2.45, 2.75) is 59.9 Å². The van der Waals surface area contributed by atoms with Gasteiger partial charge in [-0.1, -0.05) is 27.7 Å². The summed E-state index contributed by atoms with van der Waals surface area (Å²) in [5, 5.41) is 10.5. The molecule has 0 aliphatic heterocycles. The third-order valence-electron chi connectivity index (χ3n) is 4.23. The lowest BCUT2D eigenvalue weighted by molar-refractivity contribution is 0.0697. The summed E-state index contributed by atoms with van der Waals surface area (Å²) < 4.78 is 2.34. The first-order valence-corrected chi connectivity index (χ1v) is 7.55. The Morgan fingerprint density at radius 3 is 2.33 bits per heavy atom. The number of carbonyl (C=O) groups is 1. The number of benzene rings is 1. The first kappa shape index (κ1) is 15.6. The summed E-state index contributed by atoms with van der Waals surface area (Å²) >= 11 is 0. The largest absolute Gasteiger partial charge is 0.478 e. The molecule has 0 aliphatic carbocycles. The molecule has 0 amide bonds. The predicted octanol–water partition coefficient (Wildman–Crippen LogP) is 4.66. The molecule has 2 aromatic rings. The fourth-order valence-electron chi connectivity index (χ4n) is 2.97. The predicted molar refractivity (Wildman–Crippen MR) is 87.4 cm³/mol. The molecule has 0 unspecified atom stereocenters. The average Bonchev–Trinajstić information content (AvgIpc) is 2.62. The van der Waals surface area contributed by atoms with Crippen molar-refractivity contribution >= 4 is 16.9 Å². The van der Waals surface area contributed by atoms with Gasteiger partial charge in [0, 0.05) is 17.6 Å². The third kappa shape index (κ3) is 2.57. The molecule has 1 N–H and O–H groups in total. The van der Waals surface area contributed by atoms with Gasteiger partial charge in [-0.05, 0) is 48.9 Å². The van der Waals surface area contributed by atoms with Gasteiger partial charge in [0.1, 0.15) is 0 Å². The molecule has 3 nitrogen and oxygen atoms in total. The van der Waals surface area contributed by atoms with E-state index >= 15 is 0 Å². The molecule has 0 aliphatic rings. The van der Waals surface area contributed by atoms with Crippen LogP contribution in [-0.2, 0) is 12.0 Å². The number of aromatic nitrogens is 1. The van der Waals surface area contributed by atoms with Gasteiger partial charge in [0.25, 0.3) is 0 Å². The molecule has 21 heavy (non-hydrogen) atoms. The smallest absolute Gasteiger partial charge is 0.335 e. The van der Waals surface area contributed by atoms with Gasteiger partial charge < -0.3 is 9.67 Å². The Morgan fingerprint density at radius 2 is 1.86 bits per heavy atom. The van der Waals surface area contributed by atoms with Gasteiger partial charge in [0.05, 0.1) is 11.1 Å². The van der Waals surface area contributed by atoms with Crippen LogP contribution in [0.4, 0.5) is 0 Å². The lowest BCUT2D eigenvalue weighted by Crippen LogP contribution is -2.15. The van der Waals surface area contributed by atoms with E-state index in [2.05, 4.69) is 46.1 Å². The van der Waals surface area contributed by atoms with Crippen LogP contribution in [-0.4, -0.2) is 15.6 Å². The minimum atomic E-state index is -0.859. The summed E-state index contributed by atoms with van der Waals surface area (Å²) in [4.78, 5) is 11.4. The van der Waals surface area contributed by atoms with Crippen molar-refractivity contribution in [3.8, 4) is 0 Å². The highest BCUT2D eigenvalue weighted by Crippen LogP contribution is 2.36. The summed E-state index contributed by atoms with van der Waals surface area (Å²) in [6.07, 6.45) is 1.06. The molecule has 0 saturated carbocycles. The summed E-state index contributed by atoms with van der Waals surface area (Å²) in [6, 6.07) is 3.66. The molecule has 0 spiro atoms. The maximum Gasteiger partial charge on any atom is 0.335 e. The van der Waals surface area contributed by atoms with Crippen LogP contribution in [0.5, 0.6) is 0 Å². The summed E-state index contributed by atoms with van der Waals surface area (Å²) in [5.41, 5.74) is 5.02. The van der Waals surface area contributed by atoms with Gasteiger partial charge in [0.15, 0.2) is 0 Å². The van der Waals surface area contributed by atoms with E-state index in [1.165, 1.54) is 16.8 Å². The van der Waals surface area contributed by atoms with Gasteiger partial charge >= 0.3 is 5.97 Å². The zero-order valence-corrected chi connectivity index (χ0v) is 13.9. The van der Waals surface area contributed by atoms with Crippen molar-refractivity contribution in [2.24, 2.45) is 0 Å². The van der Waals surface area contributed by atoms with Gasteiger partial charge in [-0.3, -0.25) is 0 Å². The normalized spacial score (nSPS) is 12.1. The highest BCUT2D eigenvalue weighted by molar-refractivity contribution is 5.97. The van der Waals surface area contributed by atoms with E-state index < -0.39 is 5.97 Å². The highest BCUT2D eigenvalue weighted by Gasteiger charge is 2.24. The SMILES string of the molecule is CCCn1c(C)c(C)c2cc(C(=O)O)cc(C(C)(C)C)c21. The monoisotopic (exact) mass is 287 g/mol. The maximum absolute atomic E-state index is 11.4. The van der Waals surface area contributed by atoms with E-state index in [-0.39, 0.29) is 5.41 Å². The molecule has 2 rings (SSSR count). The zero-order valence-electron chi connectivity index (χ0n) is 13.9. The first-order chi connectivity index (χ1) is 9.68. The number of aryl methyl sites for hydroxylation is 2. The minimum absolute atomic E-state index is 0.0908. The van der Waals surface area contributed by atoms with Crippen molar-refractivity contribution in [3.63, 3.8) is 0 Å². The fraction of sp³-hybridized carbons (Fsp3) is 0.500. The van der Waals surface area contributed by atoms with Crippen LogP contribution < -0.4 is 0 Å². The van der Waals surface area contributed by atoms with E-state index in [4.69, 9.17) is 0 Å². The zero-order chi connectivity index (χ0) is 15.9. The van der Waals surface area contributed by atoms with Crippen molar-refractivity contribution in [3.05, 3.63) is 34.5 Å². The number of hydrogen-bond donors (Lipinski definition) is 1. The first-order valence-electron chi connectivity index (χ1n) is 7.55. The molecule has 0 atom stereocenters. The lowest BCUT2D eigenvalue weighted by atomic mass is 9.84. The second kappa shape index (κ2) is 5.21. The summed E-state index contributed by atoms with van der Waals surface area (Å²) in [6.45, 7) is 13.8. The number of fused-ring (bicyclic) bond motifs is 1. The van der Waals surface area contributed by atoms with Crippen LogP contribution in [0.1, 0.15) is 61.3 Å². The molecule has 0 radical (unpaired) electrons. The second-order valence-corrected chi connectivity index (χ2v) is 6.84. The Kier molecular flexibility index (Phi) is 3.87. The Bertz CT molecular complexity index is 702. The molecule has 3 heteroatoms. The Morgan fingerprint density at radius 1 is 1.24 bits per heavy atom. The van der Waals surface area contributed by atoms with Crippen LogP contribution in [0.2, 0.25) is 0 Å². The Balaban J connectivity index is 2.96. The topological polar surface area (TPSA) is 42.2 Å². The third-order valence-corrected chi connectivity index (χ3v) is 4.23. The van der Waals surface area contributed by atoms with Gasteiger partial charge in [-0.25, -0.2) is 4.79 Å². The van der Waals surface area contributed by atoms with Gasteiger partial charge in [-0.15, -0.1) is 0 Å². The molecule has 0 bridgehead atoms. The average molecular weight is 287 g/mol. The van der Waals surface area contributed by atoms with Crippen molar-refractivity contribution in [2.75, 3.05) is 0 Å². The summed E-state index contributed by atoms with van der Waals surface area (Å²) in [5.74, 6) is -0.859. The van der Waals surface area contributed by atoms with E-state index in [0.29, 0.717) is 5.56 Å². The van der Waals surface area contributed by atoms with Crippen molar-refractivity contribution < 1.29 is 9.90 Å². The summed E-state index contributed by atoms with van der Waals surface area (Å²) in [7, 11) is 0. The number of nitrogens with zero attached hydrogens (tertiary/aromatic N) is 1. The molecular weight excluding hydrogens is 262 g/mol. The minimum Gasteiger partial charge on any atom is -0.478 e. The van der Waals surface area contributed by atoms with E-state index in [1.54, 1.807) is 0 Å². The number of hydrogen-bond acceptors (Lipinski definition) is 1. The number of aromatic carboxylic acids is 1. The Labute approximate surface area is 126 Å². The number of rotatable bonds is 3. The molecule has 1 aromatic carbocycles. The van der Waals surface area contributed by atoms with Crippen molar-refractivity contribution in [1.82, 2.24) is 4.57 Å². The quantitative estimate of drug-likeness (QED) is 0.891. The van der Waals surface area contributed by atoms with Gasteiger partial charge in [-0.2, -0.15) is 0 Å². The van der Waals surface area contributed by atoms with Crippen LogP contribution in [0, 0.1) is 13.8 Å². The van der Waals surface area contributed by atoms with Crippen LogP contribution in [0.25, 0.3) is 10.9 Å². The highest BCUT2D eigenvalue weighted by atomic mass is 16.4. The standard InChI is InChI=1S/C18H25NO2/c1-7-8-19-12(3)11(2)14-9-13(17(20)21)10-15(16(14)19)18(4,5)6/h9-10H,7-8H2,1-6H3,(H,20,21). The molecular formula is C18H25NO2. The van der Waals surface area contributed by atoms with Crippen LogP contribution in [0.3, 0.4) is 0 Å². The molecule has 0 saturated heterocycles. The lowest BCUT2D eigenvalue weighted by Gasteiger charge is -2.23. The molecule has 1 aromatic heterocycles. The Hall–Kier alpha value is -1.77. The van der Waals surface area contributed by atoms with E-state index in [1.807, 2.05) is 12.1 Å². The number of carboxylic acids is 1. The van der Waals surface area contributed by atoms with E-state index in [9.17, 15) is 9.90 Å².